The van der Waals surface area contributed by atoms with Crippen molar-refractivity contribution in [3.05, 3.63) is 69.9 Å². The average Bonchev–Trinajstić information content (AvgIpc) is 2.41. The highest BCUT2D eigenvalue weighted by Gasteiger charge is 2.07. The average molecular weight is 323 g/mol. The van der Waals surface area contributed by atoms with Gasteiger partial charge in [0.05, 0.1) is 6.61 Å². The quantitative estimate of drug-likeness (QED) is 0.778. The Kier molecular flexibility index (Phi) is 4.82. The predicted molar refractivity (Wildman–Crippen MR) is 74.5 cm³/mol. The van der Waals surface area contributed by atoms with E-state index in [4.69, 9.17) is 4.74 Å². The first kappa shape index (κ1) is 13.9. The molecule has 98 valence electrons. The van der Waals surface area contributed by atoms with Crippen molar-refractivity contribution in [1.29, 1.82) is 0 Å². The van der Waals surface area contributed by atoms with Crippen molar-refractivity contribution in [2.45, 2.75) is 6.61 Å². The summed E-state index contributed by atoms with van der Waals surface area (Å²) in [6.45, 7) is 0.0250. The van der Waals surface area contributed by atoms with E-state index in [1.54, 1.807) is 36.4 Å². The number of halogens is 2. The summed E-state index contributed by atoms with van der Waals surface area (Å²) < 4.78 is 19.4. The number of rotatable bonds is 5. The van der Waals surface area contributed by atoms with Crippen LogP contribution in [0.3, 0.4) is 0 Å². The molecule has 0 bridgehead atoms. The van der Waals surface area contributed by atoms with Gasteiger partial charge in [-0.2, -0.15) is 0 Å². The summed E-state index contributed by atoms with van der Waals surface area (Å²) in [6.07, 6.45) is 0. The Labute approximate surface area is 119 Å². The molecule has 0 radical (unpaired) electrons. The van der Waals surface area contributed by atoms with Crippen LogP contribution in [0.4, 0.5) is 4.39 Å². The van der Waals surface area contributed by atoms with Crippen LogP contribution < -0.4 is 0 Å². The topological polar surface area (TPSA) is 26.3 Å². The van der Waals surface area contributed by atoms with Crippen molar-refractivity contribution in [3.63, 3.8) is 0 Å². The number of carbonyl (C=O) groups excluding carboxylic acids is 1. The van der Waals surface area contributed by atoms with Gasteiger partial charge < -0.3 is 4.74 Å². The van der Waals surface area contributed by atoms with Crippen LogP contribution in [0.15, 0.2) is 53.0 Å². The highest BCUT2D eigenvalue weighted by molar-refractivity contribution is 9.10. The van der Waals surface area contributed by atoms with E-state index in [0.717, 1.165) is 4.47 Å². The van der Waals surface area contributed by atoms with Gasteiger partial charge in [0, 0.05) is 15.6 Å². The second kappa shape index (κ2) is 6.59. The van der Waals surface area contributed by atoms with E-state index >= 15 is 0 Å². The monoisotopic (exact) mass is 322 g/mol. The summed E-state index contributed by atoms with van der Waals surface area (Å²) in [4.78, 5) is 11.8. The van der Waals surface area contributed by atoms with E-state index in [1.807, 2.05) is 6.07 Å². The molecule has 4 heteroatoms. The molecule has 0 spiro atoms. The summed E-state index contributed by atoms with van der Waals surface area (Å²) in [5, 5.41) is 0. The molecule has 0 atom stereocenters. The van der Waals surface area contributed by atoms with Crippen LogP contribution in [0, 0.1) is 5.82 Å². The molecule has 0 aliphatic rings. The molecule has 0 aliphatic carbocycles. The van der Waals surface area contributed by atoms with E-state index in [2.05, 4.69) is 15.9 Å². The summed E-state index contributed by atoms with van der Waals surface area (Å²) >= 11 is 3.30. The highest BCUT2D eigenvalue weighted by Crippen LogP contribution is 2.13. The Morgan fingerprint density at radius 2 is 1.95 bits per heavy atom. The van der Waals surface area contributed by atoms with Gasteiger partial charge >= 0.3 is 0 Å². The Morgan fingerprint density at radius 1 is 1.16 bits per heavy atom. The first-order chi connectivity index (χ1) is 9.16. The van der Waals surface area contributed by atoms with Crippen molar-refractivity contribution in [3.8, 4) is 0 Å². The minimum absolute atomic E-state index is 0.0647. The zero-order chi connectivity index (χ0) is 13.7. The SMILES string of the molecule is O=C(COCc1ccccc1F)c1cccc(Br)c1. The lowest BCUT2D eigenvalue weighted by Gasteiger charge is -2.05. The van der Waals surface area contributed by atoms with Gasteiger partial charge in [0.1, 0.15) is 12.4 Å². The number of ketones is 1. The van der Waals surface area contributed by atoms with Gasteiger partial charge in [-0.15, -0.1) is 0 Å². The van der Waals surface area contributed by atoms with Crippen LogP contribution in [-0.4, -0.2) is 12.4 Å². The maximum Gasteiger partial charge on any atom is 0.188 e. The standard InChI is InChI=1S/C15H12BrFO2/c16-13-6-3-5-11(8-13)15(18)10-19-9-12-4-1-2-7-14(12)17/h1-8H,9-10H2. The molecule has 0 N–H and O–H groups in total. The maximum absolute atomic E-state index is 13.3. The van der Waals surface area contributed by atoms with Gasteiger partial charge in [-0.3, -0.25) is 4.79 Å². The molecule has 0 aliphatic heterocycles. The van der Waals surface area contributed by atoms with Gasteiger partial charge in [0.2, 0.25) is 0 Å². The number of benzene rings is 2. The fourth-order valence-electron chi connectivity index (χ4n) is 1.61. The number of carbonyl (C=O) groups is 1. The molecule has 2 aromatic carbocycles. The zero-order valence-electron chi connectivity index (χ0n) is 10.1. The highest BCUT2D eigenvalue weighted by atomic mass is 79.9. The molecule has 2 aromatic rings. The van der Waals surface area contributed by atoms with E-state index < -0.39 is 0 Å². The number of hydrogen-bond acceptors (Lipinski definition) is 2. The van der Waals surface area contributed by atoms with E-state index in [1.165, 1.54) is 6.07 Å². The molecule has 0 amide bonds. The molecule has 2 rings (SSSR count). The van der Waals surface area contributed by atoms with Gasteiger partial charge in [0.15, 0.2) is 5.78 Å². The smallest absolute Gasteiger partial charge is 0.188 e. The minimum Gasteiger partial charge on any atom is -0.369 e. The molecule has 0 saturated carbocycles. The Hall–Kier alpha value is -1.52. The summed E-state index contributed by atoms with van der Waals surface area (Å²) in [5.41, 5.74) is 1.02. The third-order valence-corrected chi connectivity index (χ3v) is 3.09. The molecule has 0 saturated heterocycles. The first-order valence-corrected chi connectivity index (χ1v) is 6.56. The molecule has 2 nitrogen and oxygen atoms in total. The lowest BCUT2D eigenvalue weighted by Crippen LogP contribution is -2.09. The van der Waals surface area contributed by atoms with Crippen LogP contribution in [0.1, 0.15) is 15.9 Å². The van der Waals surface area contributed by atoms with Gasteiger partial charge in [-0.1, -0.05) is 46.3 Å². The van der Waals surface area contributed by atoms with Crippen LogP contribution in [0.2, 0.25) is 0 Å². The van der Waals surface area contributed by atoms with Crippen molar-refractivity contribution in [1.82, 2.24) is 0 Å². The summed E-state index contributed by atoms with van der Waals surface area (Å²) in [5.74, 6) is -0.449. The molecule has 0 fully saturated rings. The van der Waals surface area contributed by atoms with Gasteiger partial charge in [0.25, 0.3) is 0 Å². The van der Waals surface area contributed by atoms with E-state index in [0.29, 0.717) is 11.1 Å². The molecular formula is C15H12BrFO2. The summed E-state index contributed by atoms with van der Waals surface area (Å²) in [6, 6.07) is 13.4. The molecule has 19 heavy (non-hydrogen) atoms. The second-order valence-electron chi connectivity index (χ2n) is 4.02. The maximum atomic E-state index is 13.3. The lowest BCUT2D eigenvalue weighted by atomic mass is 10.1. The van der Waals surface area contributed by atoms with Gasteiger partial charge in [-0.25, -0.2) is 4.39 Å². The molecular weight excluding hydrogens is 311 g/mol. The van der Waals surface area contributed by atoms with Crippen LogP contribution in [0.5, 0.6) is 0 Å². The number of ether oxygens (including phenoxy) is 1. The van der Waals surface area contributed by atoms with Crippen LogP contribution in [0.25, 0.3) is 0 Å². The molecule has 0 heterocycles. The summed E-state index contributed by atoms with van der Waals surface area (Å²) in [7, 11) is 0. The van der Waals surface area contributed by atoms with Crippen molar-refractivity contribution in [2.24, 2.45) is 0 Å². The van der Waals surface area contributed by atoms with Crippen LogP contribution >= 0.6 is 15.9 Å². The second-order valence-corrected chi connectivity index (χ2v) is 4.93. The largest absolute Gasteiger partial charge is 0.369 e. The minimum atomic E-state index is -0.322. The normalized spacial score (nSPS) is 10.4. The van der Waals surface area contributed by atoms with E-state index in [9.17, 15) is 9.18 Å². The lowest BCUT2D eigenvalue weighted by molar-refractivity contribution is 0.0721. The third-order valence-electron chi connectivity index (χ3n) is 2.60. The predicted octanol–water partition coefficient (Wildman–Crippen LogP) is 3.99. The first-order valence-electron chi connectivity index (χ1n) is 5.77. The Morgan fingerprint density at radius 3 is 2.68 bits per heavy atom. The zero-order valence-corrected chi connectivity index (χ0v) is 11.7. The third kappa shape index (κ3) is 3.98. The number of Topliss-reactive ketones (excluding diaryl/α,β-unsaturated/α-hetero) is 1. The Balaban J connectivity index is 1.90. The van der Waals surface area contributed by atoms with Crippen molar-refractivity contribution in [2.75, 3.05) is 6.61 Å². The fourth-order valence-corrected chi connectivity index (χ4v) is 2.01. The van der Waals surface area contributed by atoms with Crippen LogP contribution in [-0.2, 0) is 11.3 Å². The number of hydrogen-bond donors (Lipinski definition) is 0. The van der Waals surface area contributed by atoms with E-state index in [-0.39, 0.29) is 24.8 Å². The van der Waals surface area contributed by atoms with Gasteiger partial charge in [-0.05, 0) is 18.2 Å². The molecule has 0 aromatic heterocycles. The van der Waals surface area contributed by atoms with Crippen molar-refractivity contribution < 1.29 is 13.9 Å². The Bertz CT molecular complexity index is 584. The van der Waals surface area contributed by atoms with Crippen molar-refractivity contribution >= 4 is 21.7 Å². The molecule has 0 unspecified atom stereocenters. The fraction of sp³-hybridized carbons (Fsp3) is 0.133.